The molecule has 0 aliphatic heterocycles. The SMILES string of the molecule is Cc1cc(C)cc(NC(=O)c2cccc(NS(=O)(=O)c3ccccc3)c2C)c1. The predicted molar refractivity (Wildman–Crippen MR) is 112 cm³/mol. The van der Waals surface area contributed by atoms with Crippen molar-refractivity contribution in [3.63, 3.8) is 0 Å². The molecule has 0 saturated carbocycles. The lowest BCUT2D eigenvalue weighted by Gasteiger charge is -2.14. The monoisotopic (exact) mass is 394 g/mol. The molecule has 0 aliphatic carbocycles. The van der Waals surface area contributed by atoms with Crippen molar-refractivity contribution >= 4 is 27.3 Å². The van der Waals surface area contributed by atoms with E-state index in [4.69, 9.17) is 0 Å². The van der Waals surface area contributed by atoms with E-state index in [9.17, 15) is 13.2 Å². The van der Waals surface area contributed by atoms with Crippen LogP contribution in [0.15, 0.2) is 71.6 Å². The molecule has 6 heteroatoms. The Kier molecular flexibility index (Phi) is 5.51. The molecule has 0 aromatic heterocycles. The van der Waals surface area contributed by atoms with Crippen LogP contribution in [0.25, 0.3) is 0 Å². The van der Waals surface area contributed by atoms with E-state index in [1.807, 2.05) is 32.0 Å². The van der Waals surface area contributed by atoms with Gasteiger partial charge in [-0.1, -0.05) is 30.3 Å². The molecular formula is C22H22N2O3S. The number of benzene rings is 3. The minimum absolute atomic E-state index is 0.166. The van der Waals surface area contributed by atoms with Crippen LogP contribution in [0.5, 0.6) is 0 Å². The van der Waals surface area contributed by atoms with Crippen LogP contribution in [0.4, 0.5) is 11.4 Å². The van der Waals surface area contributed by atoms with Gasteiger partial charge >= 0.3 is 0 Å². The molecule has 28 heavy (non-hydrogen) atoms. The lowest BCUT2D eigenvalue weighted by Crippen LogP contribution is -2.17. The van der Waals surface area contributed by atoms with Gasteiger partial charge < -0.3 is 5.32 Å². The van der Waals surface area contributed by atoms with Gasteiger partial charge in [0.15, 0.2) is 0 Å². The zero-order valence-corrected chi connectivity index (χ0v) is 16.8. The summed E-state index contributed by atoms with van der Waals surface area (Å²) in [7, 11) is -3.73. The lowest BCUT2D eigenvalue weighted by molar-refractivity contribution is 0.102. The average molecular weight is 394 g/mol. The molecule has 0 bridgehead atoms. The van der Waals surface area contributed by atoms with Crippen LogP contribution in [0.2, 0.25) is 0 Å². The van der Waals surface area contributed by atoms with Crippen molar-refractivity contribution in [2.75, 3.05) is 10.0 Å². The molecule has 1 amide bonds. The summed E-state index contributed by atoms with van der Waals surface area (Å²) in [5.41, 5.74) is 4.15. The third-order valence-electron chi connectivity index (χ3n) is 4.36. The second kappa shape index (κ2) is 7.86. The number of nitrogens with one attached hydrogen (secondary N) is 2. The van der Waals surface area contributed by atoms with Gasteiger partial charge in [0.2, 0.25) is 0 Å². The zero-order chi connectivity index (χ0) is 20.3. The molecule has 0 fully saturated rings. The molecule has 0 atom stereocenters. The fraction of sp³-hybridized carbons (Fsp3) is 0.136. The maximum absolute atomic E-state index is 12.8. The van der Waals surface area contributed by atoms with Gasteiger partial charge in [-0.25, -0.2) is 8.42 Å². The molecular weight excluding hydrogens is 372 g/mol. The van der Waals surface area contributed by atoms with Crippen LogP contribution in [-0.4, -0.2) is 14.3 Å². The van der Waals surface area contributed by atoms with Crippen molar-refractivity contribution in [3.05, 3.63) is 89.0 Å². The molecule has 0 heterocycles. The number of hydrogen-bond donors (Lipinski definition) is 2. The molecule has 144 valence electrons. The predicted octanol–water partition coefficient (Wildman–Crippen LogP) is 4.66. The second-order valence-electron chi connectivity index (χ2n) is 6.73. The molecule has 3 rings (SSSR count). The Labute approximate surface area is 165 Å². The van der Waals surface area contributed by atoms with Gasteiger partial charge in [0.25, 0.3) is 15.9 Å². The van der Waals surface area contributed by atoms with E-state index in [1.165, 1.54) is 12.1 Å². The zero-order valence-electron chi connectivity index (χ0n) is 16.0. The van der Waals surface area contributed by atoms with Crippen LogP contribution >= 0.6 is 0 Å². The first-order valence-electron chi connectivity index (χ1n) is 8.83. The normalized spacial score (nSPS) is 11.1. The number of anilines is 2. The Balaban J connectivity index is 1.87. The van der Waals surface area contributed by atoms with E-state index in [0.29, 0.717) is 22.5 Å². The fourth-order valence-electron chi connectivity index (χ4n) is 3.04. The van der Waals surface area contributed by atoms with Crippen molar-refractivity contribution < 1.29 is 13.2 Å². The summed E-state index contributed by atoms with van der Waals surface area (Å²) in [4.78, 5) is 12.9. The first-order chi connectivity index (χ1) is 13.3. The van der Waals surface area contributed by atoms with Gasteiger partial charge in [-0.05, 0) is 73.9 Å². The van der Waals surface area contributed by atoms with Gasteiger partial charge in [0.1, 0.15) is 0 Å². The number of carbonyl (C=O) groups excluding carboxylic acids is 1. The van der Waals surface area contributed by atoms with E-state index in [2.05, 4.69) is 10.0 Å². The third-order valence-corrected chi connectivity index (χ3v) is 5.74. The second-order valence-corrected chi connectivity index (χ2v) is 8.41. The number of rotatable bonds is 5. The molecule has 0 aliphatic rings. The van der Waals surface area contributed by atoms with E-state index in [1.54, 1.807) is 43.3 Å². The molecule has 0 radical (unpaired) electrons. The minimum Gasteiger partial charge on any atom is -0.322 e. The minimum atomic E-state index is -3.73. The van der Waals surface area contributed by atoms with E-state index in [-0.39, 0.29) is 10.8 Å². The van der Waals surface area contributed by atoms with Gasteiger partial charge in [0, 0.05) is 11.3 Å². The van der Waals surface area contributed by atoms with Gasteiger partial charge in [-0.15, -0.1) is 0 Å². The van der Waals surface area contributed by atoms with Crippen LogP contribution in [0.3, 0.4) is 0 Å². The summed E-state index contributed by atoms with van der Waals surface area (Å²) in [6, 6.07) is 18.9. The van der Waals surface area contributed by atoms with Crippen molar-refractivity contribution in [2.45, 2.75) is 25.7 Å². The van der Waals surface area contributed by atoms with E-state index < -0.39 is 10.0 Å². The van der Waals surface area contributed by atoms with Crippen LogP contribution in [0.1, 0.15) is 27.0 Å². The molecule has 5 nitrogen and oxygen atoms in total. The van der Waals surface area contributed by atoms with E-state index >= 15 is 0 Å². The third kappa shape index (κ3) is 4.40. The van der Waals surface area contributed by atoms with Gasteiger partial charge in [0.05, 0.1) is 10.6 Å². The molecule has 3 aromatic carbocycles. The molecule has 2 N–H and O–H groups in total. The Morgan fingerprint density at radius 1 is 0.821 bits per heavy atom. The summed E-state index contributed by atoms with van der Waals surface area (Å²) < 4.78 is 27.8. The van der Waals surface area contributed by atoms with E-state index in [0.717, 1.165) is 11.1 Å². The highest BCUT2D eigenvalue weighted by molar-refractivity contribution is 7.92. The number of aryl methyl sites for hydroxylation is 2. The largest absolute Gasteiger partial charge is 0.322 e. The Bertz CT molecular complexity index is 1100. The number of sulfonamides is 1. The maximum Gasteiger partial charge on any atom is 0.261 e. The summed E-state index contributed by atoms with van der Waals surface area (Å²) >= 11 is 0. The average Bonchev–Trinajstić information content (AvgIpc) is 2.63. The number of hydrogen-bond acceptors (Lipinski definition) is 3. The van der Waals surface area contributed by atoms with Crippen LogP contribution < -0.4 is 10.0 Å². The topological polar surface area (TPSA) is 75.3 Å². The van der Waals surface area contributed by atoms with Crippen LogP contribution in [0, 0.1) is 20.8 Å². The standard InChI is InChI=1S/C22H22N2O3S/c1-15-12-16(2)14-18(13-15)23-22(25)20-10-7-11-21(17(20)3)24-28(26,27)19-8-5-4-6-9-19/h4-14,24H,1-3H3,(H,23,25). The lowest BCUT2D eigenvalue weighted by atomic mass is 10.1. The quantitative estimate of drug-likeness (QED) is 0.661. The Hall–Kier alpha value is -3.12. The first-order valence-corrected chi connectivity index (χ1v) is 10.3. The van der Waals surface area contributed by atoms with Gasteiger partial charge in [-0.2, -0.15) is 0 Å². The molecule has 0 saturated heterocycles. The van der Waals surface area contributed by atoms with Crippen molar-refractivity contribution in [1.29, 1.82) is 0 Å². The van der Waals surface area contributed by atoms with Crippen molar-refractivity contribution in [3.8, 4) is 0 Å². The molecule has 3 aromatic rings. The van der Waals surface area contributed by atoms with Crippen LogP contribution in [-0.2, 0) is 10.0 Å². The summed E-state index contributed by atoms with van der Waals surface area (Å²) in [5.74, 6) is -0.289. The van der Waals surface area contributed by atoms with Crippen molar-refractivity contribution in [1.82, 2.24) is 0 Å². The Morgan fingerprint density at radius 3 is 2.11 bits per heavy atom. The summed E-state index contributed by atoms with van der Waals surface area (Å²) in [6.07, 6.45) is 0. The molecule has 0 unspecified atom stereocenters. The van der Waals surface area contributed by atoms with Crippen molar-refractivity contribution in [2.24, 2.45) is 0 Å². The highest BCUT2D eigenvalue weighted by Gasteiger charge is 2.18. The summed E-state index contributed by atoms with van der Waals surface area (Å²) in [6.45, 7) is 5.65. The summed E-state index contributed by atoms with van der Waals surface area (Å²) in [5, 5.41) is 2.89. The smallest absolute Gasteiger partial charge is 0.261 e. The maximum atomic E-state index is 12.8. The number of carbonyl (C=O) groups is 1. The van der Waals surface area contributed by atoms with Gasteiger partial charge in [-0.3, -0.25) is 9.52 Å². The fourth-order valence-corrected chi connectivity index (χ4v) is 4.18. The highest BCUT2D eigenvalue weighted by atomic mass is 32.2. The Morgan fingerprint density at radius 2 is 1.46 bits per heavy atom. The number of amides is 1. The first kappa shape index (κ1) is 19.6. The highest BCUT2D eigenvalue weighted by Crippen LogP contribution is 2.24. The molecule has 0 spiro atoms.